The zero-order chi connectivity index (χ0) is 12.6. The second-order valence-electron chi connectivity index (χ2n) is 4.66. The first kappa shape index (κ1) is 13.5. The van der Waals surface area contributed by atoms with E-state index >= 15 is 0 Å². The molecule has 2 heterocycles. The Balaban J connectivity index is 1.53. The summed E-state index contributed by atoms with van der Waals surface area (Å²) >= 11 is 0. The molecule has 5 heteroatoms. The number of hydrazine groups is 1. The number of hydrogen-bond acceptors (Lipinski definition) is 5. The van der Waals surface area contributed by atoms with Crippen molar-refractivity contribution in [3.8, 4) is 0 Å². The average molecular weight is 254 g/mol. The highest BCUT2D eigenvalue weighted by molar-refractivity contribution is 4.96. The van der Waals surface area contributed by atoms with E-state index in [1.54, 1.807) is 6.26 Å². The van der Waals surface area contributed by atoms with Gasteiger partial charge in [0.1, 0.15) is 12.4 Å². The maximum atomic E-state index is 9.76. The van der Waals surface area contributed by atoms with E-state index in [9.17, 15) is 5.11 Å². The normalized spacial score (nSPS) is 18.9. The number of hydrogen-bond donors (Lipinski definition) is 2. The Morgan fingerprint density at radius 3 is 2.94 bits per heavy atom. The first-order valence-electron chi connectivity index (χ1n) is 6.61. The molecule has 1 aromatic heterocycles. The van der Waals surface area contributed by atoms with E-state index in [-0.39, 0.29) is 0 Å². The number of aliphatic hydroxyl groups excluding tert-OH is 1. The molecule has 102 valence electrons. The summed E-state index contributed by atoms with van der Waals surface area (Å²) in [5.74, 6) is 0.784. The third kappa shape index (κ3) is 4.78. The highest BCUT2D eigenvalue weighted by Crippen LogP contribution is 2.06. The molecule has 0 saturated carbocycles. The first-order chi connectivity index (χ1) is 8.84. The van der Waals surface area contributed by atoms with Gasteiger partial charge in [0, 0.05) is 19.6 Å². The van der Waals surface area contributed by atoms with Crippen LogP contribution < -0.4 is 5.43 Å². The number of ether oxygens (including phenoxy) is 1. The summed E-state index contributed by atoms with van der Waals surface area (Å²) < 4.78 is 10.5. The van der Waals surface area contributed by atoms with Gasteiger partial charge in [-0.3, -0.25) is 5.43 Å². The molecule has 0 aromatic carbocycles. The van der Waals surface area contributed by atoms with Crippen molar-refractivity contribution in [1.29, 1.82) is 0 Å². The van der Waals surface area contributed by atoms with E-state index in [0.717, 1.165) is 18.8 Å². The van der Waals surface area contributed by atoms with Crippen LogP contribution >= 0.6 is 0 Å². The van der Waals surface area contributed by atoms with Gasteiger partial charge in [-0.15, -0.1) is 0 Å². The van der Waals surface area contributed by atoms with Crippen LogP contribution in [0, 0.1) is 0 Å². The molecule has 1 aromatic rings. The van der Waals surface area contributed by atoms with Gasteiger partial charge in [-0.25, -0.2) is 5.01 Å². The van der Waals surface area contributed by atoms with Gasteiger partial charge in [0.05, 0.1) is 19.0 Å². The summed E-state index contributed by atoms with van der Waals surface area (Å²) in [4.78, 5) is 0. The molecule has 18 heavy (non-hydrogen) atoms. The maximum absolute atomic E-state index is 9.76. The highest BCUT2D eigenvalue weighted by Gasteiger charge is 2.11. The fraction of sp³-hybridized carbons (Fsp3) is 0.692. The molecule has 1 aliphatic heterocycles. The maximum Gasteiger partial charge on any atom is 0.129 e. The van der Waals surface area contributed by atoms with Gasteiger partial charge in [0.2, 0.25) is 0 Å². The summed E-state index contributed by atoms with van der Waals surface area (Å²) in [6.45, 7) is 3.41. The van der Waals surface area contributed by atoms with Crippen molar-refractivity contribution in [2.45, 2.75) is 32.0 Å². The molecule has 1 fully saturated rings. The van der Waals surface area contributed by atoms with Crippen LogP contribution in [0.4, 0.5) is 0 Å². The van der Waals surface area contributed by atoms with Gasteiger partial charge in [-0.2, -0.15) is 0 Å². The Hall–Kier alpha value is -0.880. The molecule has 1 saturated heterocycles. The van der Waals surface area contributed by atoms with Crippen LogP contribution in [0.2, 0.25) is 0 Å². The highest BCUT2D eigenvalue weighted by atomic mass is 16.5. The lowest BCUT2D eigenvalue weighted by Crippen LogP contribution is -2.45. The fourth-order valence-electron chi connectivity index (χ4n) is 2.04. The molecule has 1 atom stereocenters. The van der Waals surface area contributed by atoms with Gasteiger partial charge in [-0.1, -0.05) is 6.42 Å². The second kappa shape index (κ2) is 7.53. The number of nitrogens with zero attached hydrogens (tertiary/aromatic N) is 1. The zero-order valence-electron chi connectivity index (χ0n) is 10.7. The molecule has 2 rings (SSSR count). The Morgan fingerprint density at radius 1 is 1.39 bits per heavy atom. The van der Waals surface area contributed by atoms with Crippen molar-refractivity contribution < 1.29 is 14.3 Å². The van der Waals surface area contributed by atoms with Crippen LogP contribution in [0.15, 0.2) is 22.8 Å². The number of rotatable bonds is 7. The summed E-state index contributed by atoms with van der Waals surface area (Å²) in [6.07, 6.45) is 4.91. The van der Waals surface area contributed by atoms with Crippen LogP contribution in [-0.4, -0.2) is 42.5 Å². The molecule has 1 aliphatic rings. The Morgan fingerprint density at radius 2 is 2.22 bits per heavy atom. The predicted molar refractivity (Wildman–Crippen MR) is 67.8 cm³/mol. The minimum Gasteiger partial charge on any atom is -0.467 e. The molecule has 1 unspecified atom stereocenters. The number of piperidine rings is 1. The van der Waals surface area contributed by atoms with Gasteiger partial charge < -0.3 is 14.3 Å². The first-order valence-corrected chi connectivity index (χ1v) is 6.61. The van der Waals surface area contributed by atoms with Crippen LogP contribution in [0.3, 0.4) is 0 Å². The lowest BCUT2D eigenvalue weighted by atomic mass is 10.2. The van der Waals surface area contributed by atoms with Crippen LogP contribution in [0.1, 0.15) is 25.0 Å². The molecule has 0 bridgehead atoms. The molecular weight excluding hydrogens is 232 g/mol. The summed E-state index contributed by atoms with van der Waals surface area (Å²) in [5, 5.41) is 11.9. The lowest BCUT2D eigenvalue weighted by molar-refractivity contribution is 0.00986. The van der Waals surface area contributed by atoms with Gasteiger partial charge in [-0.05, 0) is 25.0 Å². The number of aliphatic hydroxyl groups is 1. The summed E-state index contributed by atoms with van der Waals surface area (Å²) in [5.41, 5.74) is 3.24. The molecule has 0 amide bonds. The van der Waals surface area contributed by atoms with Crippen molar-refractivity contribution >= 4 is 0 Å². The Bertz CT molecular complexity index is 310. The third-order valence-electron chi connectivity index (χ3n) is 3.04. The van der Waals surface area contributed by atoms with Crippen molar-refractivity contribution in [3.05, 3.63) is 24.2 Å². The minimum absolute atomic E-state index is 0.321. The van der Waals surface area contributed by atoms with Crippen LogP contribution in [0.5, 0.6) is 0 Å². The molecule has 0 aliphatic carbocycles. The van der Waals surface area contributed by atoms with E-state index in [0.29, 0.717) is 19.8 Å². The monoisotopic (exact) mass is 254 g/mol. The van der Waals surface area contributed by atoms with E-state index in [2.05, 4.69) is 10.4 Å². The summed E-state index contributed by atoms with van der Waals surface area (Å²) in [6, 6.07) is 3.69. The van der Waals surface area contributed by atoms with Crippen LogP contribution in [0.25, 0.3) is 0 Å². The quantitative estimate of drug-likeness (QED) is 0.764. The molecule has 2 N–H and O–H groups in total. The smallest absolute Gasteiger partial charge is 0.129 e. The molecule has 0 radical (unpaired) electrons. The van der Waals surface area contributed by atoms with E-state index < -0.39 is 6.10 Å². The van der Waals surface area contributed by atoms with Gasteiger partial charge >= 0.3 is 0 Å². The third-order valence-corrected chi connectivity index (χ3v) is 3.04. The molecule has 0 spiro atoms. The topological polar surface area (TPSA) is 57.9 Å². The Kier molecular flexibility index (Phi) is 5.67. The average Bonchev–Trinajstić information content (AvgIpc) is 2.91. The number of furan rings is 1. The second-order valence-corrected chi connectivity index (χ2v) is 4.66. The molecule has 5 nitrogen and oxygen atoms in total. The van der Waals surface area contributed by atoms with E-state index in [1.165, 1.54) is 19.3 Å². The fourth-order valence-corrected chi connectivity index (χ4v) is 2.04. The summed E-state index contributed by atoms with van der Waals surface area (Å²) in [7, 11) is 0. The van der Waals surface area contributed by atoms with E-state index in [1.807, 2.05) is 12.1 Å². The van der Waals surface area contributed by atoms with E-state index in [4.69, 9.17) is 9.15 Å². The van der Waals surface area contributed by atoms with Crippen LogP contribution in [-0.2, 0) is 11.3 Å². The van der Waals surface area contributed by atoms with Crippen molar-refractivity contribution in [1.82, 2.24) is 10.4 Å². The SMILES string of the molecule is OC(CNN1CCCCC1)COCc1ccco1. The largest absolute Gasteiger partial charge is 0.467 e. The van der Waals surface area contributed by atoms with Gasteiger partial charge in [0.15, 0.2) is 0 Å². The van der Waals surface area contributed by atoms with Gasteiger partial charge in [0.25, 0.3) is 0 Å². The Labute approximate surface area is 108 Å². The minimum atomic E-state index is -0.484. The molecular formula is C13H22N2O3. The lowest BCUT2D eigenvalue weighted by Gasteiger charge is -2.28. The standard InChI is InChI=1S/C13H22N2O3/c16-12(9-14-15-6-2-1-3-7-15)10-17-11-13-5-4-8-18-13/h4-5,8,12,14,16H,1-3,6-7,9-11H2. The van der Waals surface area contributed by atoms with Crippen molar-refractivity contribution in [2.75, 3.05) is 26.2 Å². The number of nitrogens with one attached hydrogen (secondary N) is 1. The zero-order valence-corrected chi connectivity index (χ0v) is 10.7. The van der Waals surface area contributed by atoms with Crippen molar-refractivity contribution in [2.24, 2.45) is 0 Å². The van der Waals surface area contributed by atoms with Crippen molar-refractivity contribution in [3.63, 3.8) is 0 Å². The predicted octanol–water partition coefficient (Wildman–Crippen LogP) is 1.15.